The Morgan fingerprint density at radius 1 is 1.60 bits per heavy atom. The van der Waals surface area contributed by atoms with Gasteiger partial charge in [0.2, 0.25) is 5.96 Å². The first-order valence-electron chi connectivity index (χ1n) is 4.97. The molecule has 0 aliphatic rings. The number of nitrogens with one attached hydrogen (secondary N) is 2. The minimum Gasteiger partial charge on any atom is -0.324 e. The van der Waals surface area contributed by atoms with E-state index in [1.54, 1.807) is 6.20 Å². The molecule has 0 atom stereocenters. The first kappa shape index (κ1) is 11.5. The maximum absolute atomic E-state index is 5.35. The molecule has 15 heavy (non-hydrogen) atoms. The van der Waals surface area contributed by atoms with E-state index in [0.717, 1.165) is 24.3 Å². The van der Waals surface area contributed by atoms with E-state index < -0.39 is 0 Å². The standard InChI is InChI=1S/C10H17N5/c1-3-6-13-10(15-11)14-9-5-4-7-12-8(9)2/h4-5,7H,3,6,11H2,1-2H3,(H2,13,14,15). The summed E-state index contributed by atoms with van der Waals surface area (Å²) in [5, 5.41) is 3.08. The van der Waals surface area contributed by atoms with Crippen LogP contribution in [0.25, 0.3) is 0 Å². The van der Waals surface area contributed by atoms with Crippen LogP contribution in [-0.4, -0.2) is 17.5 Å². The molecule has 0 aliphatic carbocycles. The zero-order chi connectivity index (χ0) is 11.1. The fraction of sp³-hybridized carbons (Fsp3) is 0.400. The van der Waals surface area contributed by atoms with Gasteiger partial charge in [-0.25, -0.2) is 5.84 Å². The lowest BCUT2D eigenvalue weighted by Gasteiger charge is -2.10. The molecule has 1 rings (SSSR count). The predicted molar refractivity (Wildman–Crippen MR) is 62.5 cm³/mol. The second kappa shape index (κ2) is 5.98. The zero-order valence-corrected chi connectivity index (χ0v) is 9.12. The van der Waals surface area contributed by atoms with Crippen molar-refractivity contribution in [1.82, 2.24) is 10.4 Å². The van der Waals surface area contributed by atoms with Crippen molar-refractivity contribution in [2.75, 3.05) is 11.9 Å². The van der Waals surface area contributed by atoms with E-state index in [1.807, 2.05) is 19.1 Å². The molecule has 0 saturated carbocycles. The molecular formula is C10H17N5. The van der Waals surface area contributed by atoms with Crippen molar-refractivity contribution in [1.29, 1.82) is 0 Å². The Balaban J connectivity index is 2.71. The summed E-state index contributed by atoms with van der Waals surface area (Å²) >= 11 is 0. The van der Waals surface area contributed by atoms with Gasteiger partial charge < -0.3 is 5.32 Å². The second-order valence-electron chi connectivity index (χ2n) is 3.14. The van der Waals surface area contributed by atoms with Crippen LogP contribution in [0.15, 0.2) is 23.3 Å². The van der Waals surface area contributed by atoms with Crippen LogP contribution in [0.4, 0.5) is 5.69 Å². The van der Waals surface area contributed by atoms with Crippen molar-refractivity contribution < 1.29 is 0 Å². The molecule has 0 aliphatic heterocycles. The quantitative estimate of drug-likeness (QED) is 0.299. The van der Waals surface area contributed by atoms with E-state index >= 15 is 0 Å². The normalized spacial score (nSPS) is 11.3. The van der Waals surface area contributed by atoms with Crippen molar-refractivity contribution in [3.8, 4) is 0 Å². The monoisotopic (exact) mass is 207 g/mol. The molecule has 5 nitrogen and oxygen atoms in total. The molecule has 0 radical (unpaired) electrons. The minimum absolute atomic E-state index is 0.563. The summed E-state index contributed by atoms with van der Waals surface area (Å²) in [7, 11) is 0. The Kier molecular flexibility index (Phi) is 4.56. The summed E-state index contributed by atoms with van der Waals surface area (Å²) in [6.45, 7) is 4.73. The van der Waals surface area contributed by atoms with E-state index in [0.29, 0.717) is 5.96 Å². The highest BCUT2D eigenvalue weighted by Gasteiger charge is 2.00. The van der Waals surface area contributed by atoms with Gasteiger partial charge in [-0.05, 0) is 25.5 Å². The van der Waals surface area contributed by atoms with Crippen LogP contribution in [0.5, 0.6) is 0 Å². The molecule has 0 aromatic carbocycles. The number of nitrogens with two attached hydrogens (primary N) is 1. The highest BCUT2D eigenvalue weighted by molar-refractivity contribution is 5.93. The number of pyridine rings is 1. The Hall–Kier alpha value is -1.62. The number of hydrogen-bond donors (Lipinski definition) is 3. The van der Waals surface area contributed by atoms with Gasteiger partial charge >= 0.3 is 0 Å². The molecule has 0 amide bonds. The summed E-state index contributed by atoms with van der Waals surface area (Å²) in [5.74, 6) is 5.91. The average molecular weight is 207 g/mol. The Morgan fingerprint density at radius 3 is 3.00 bits per heavy atom. The average Bonchev–Trinajstić information content (AvgIpc) is 2.26. The van der Waals surface area contributed by atoms with Crippen LogP contribution < -0.4 is 16.6 Å². The van der Waals surface area contributed by atoms with E-state index in [-0.39, 0.29) is 0 Å². The lowest BCUT2D eigenvalue weighted by Crippen LogP contribution is -2.36. The van der Waals surface area contributed by atoms with Crippen LogP contribution in [0, 0.1) is 6.92 Å². The lowest BCUT2D eigenvalue weighted by molar-refractivity contribution is 0.905. The van der Waals surface area contributed by atoms with Crippen molar-refractivity contribution in [2.45, 2.75) is 20.3 Å². The first-order valence-corrected chi connectivity index (χ1v) is 4.97. The van der Waals surface area contributed by atoms with Crippen LogP contribution in [0.3, 0.4) is 0 Å². The van der Waals surface area contributed by atoms with Gasteiger partial charge in [0.15, 0.2) is 0 Å². The SMILES string of the molecule is CCCN=C(NN)Nc1cccnc1C. The number of rotatable bonds is 3. The lowest BCUT2D eigenvalue weighted by atomic mass is 10.3. The smallest absolute Gasteiger partial charge is 0.210 e. The number of aryl methyl sites for hydroxylation is 1. The van der Waals surface area contributed by atoms with Crippen molar-refractivity contribution in [3.05, 3.63) is 24.0 Å². The third kappa shape index (κ3) is 3.55. The first-order chi connectivity index (χ1) is 7.27. The van der Waals surface area contributed by atoms with Gasteiger partial charge in [-0.3, -0.25) is 15.4 Å². The summed E-state index contributed by atoms with van der Waals surface area (Å²) in [6, 6.07) is 3.80. The maximum atomic E-state index is 5.35. The number of aliphatic imine (C=N–C) groups is 1. The largest absolute Gasteiger partial charge is 0.324 e. The molecule has 0 bridgehead atoms. The Bertz CT molecular complexity index is 334. The minimum atomic E-state index is 0.563. The highest BCUT2D eigenvalue weighted by atomic mass is 15.3. The fourth-order valence-electron chi connectivity index (χ4n) is 1.09. The molecule has 5 heteroatoms. The molecule has 1 aromatic heterocycles. The number of hydrogen-bond acceptors (Lipinski definition) is 3. The molecule has 1 aromatic rings. The molecule has 1 heterocycles. The summed E-state index contributed by atoms with van der Waals surface area (Å²) in [6.07, 6.45) is 2.73. The molecular weight excluding hydrogens is 190 g/mol. The number of anilines is 1. The number of nitrogens with zero attached hydrogens (tertiary/aromatic N) is 2. The number of hydrazine groups is 1. The molecule has 82 valence electrons. The van der Waals surface area contributed by atoms with Crippen molar-refractivity contribution in [2.24, 2.45) is 10.8 Å². The topological polar surface area (TPSA) is 75.3 Å². The van der Waals surface area contributed by atoms with Crippen molar-refractivity contribution >= 4 is 11.6 Å². The van der Waals surface area contributed by atoms with Crippen LogP contribution in [0.2, 0.25) is 0 Å². The van der Waals surface area contributed by atoms with Gasteiger partial charge in [0.1, 0.15) is 0 Å². The number of aromatic nitrogens is 1. The Morgan fingerprint density at radius 2 is 2.40 bits per heavy atom. The molecule has 0 fully saturated rings. The maximum Gasteiger partial charge on any atom is 0.210 e. The summed E-state index contributed by atoms with van der Waals surface area (Å²) < 4.78 is 0. The molecule has 0 unspecified atom stereocenters. The van der Waals surface area contributed by atoms with Crippen LogP contribution in [0.1, 0.15) is 19.0 Å². The third-order valence-electron chi connectivity index (χ3n) is 1.89. The Labute approximate surface area is 89.8 Å². The van der Waals surface area contributed by atoms with Crippen LogP contribution in [-0.2, 0) is 0 Å². The molecule has 0 saturated heterocycles. The van der Waals surface area contributed by atoms with Gasteiger partial charge in [0.25, 0.3) is 0 Å². The van der Waals surface area contributed by atoms with Gasteiger partial charge in [-0.15, -0.1) is 0 Å². The van der Waals surface area contributed by atoms with E-state index in [1.165, 1.54) is 0 Å². The zero-order valence-electron chi connectivity index (χ0n) is 9.12. The van der Waals surface area contributed by atoms with Gasteiger partial charge in [-0.2, -0.15) is 0 Å². The van der Waals surface area contributed by atoms with E-state index in [2.05, 4.69) is 27.6 Å². The molecule has 0 spiro atoms. The summed E-state index contributed by atoms with van der Waals surface area (Å²) in [4.78, 5) is 8.40. The predicted octanol–water partition coefficient (Wildman–Crippen LogP) is 1.03. The third-order valence-corrected chi connectivity index (χ3v) is 1.89. The van der Waals surface area contributed by atoms with Crippen molar-refractivity contribution in [3.63, 3.8) is 0 Å². The van der Waals surface area contributed by atoms with E-state index in [9.17, 15) is 0 Å². The van der Waals surface area contributed by atoms with E-state index in [4.69, 9.17) is 5.84 Å². The fourth-order valence-corrected chi connectivity index (χ4v) is 1.09. The van der Waals surface area contributed by atoms with Crippen LogP contribution >= 0.6 is 0 Å². The van der Waals surface area contributed by atoms with Gasteiger partial charge in [-0.1, -0.05) is 6.92 Å². The second-order valence-corrected chi connectivity index (χ2v) is 3.14. The summed E-state index contributed by atoms with van der Waals surface area (Å²) in [5.41, 5.74) is 4.35. The van der Waals surface area contributed by atoms with Gasteiger partial charge in [0, 0.05) is 12.7 Å². The highest BCUT2D eigenvalue weighted by Crippen LogP contribution is 2.09. The number of guanidine groups is 1. The molecule has 4 N–H and O–H groups in total. The van der Waals surface area contributed by atoms with Gasteiger partial charge in [0.05, 0.1) is 11.4 Å².